The Morgan fingerprint density at radius 3 is 1.90 bits per heavy atom. The summed E-state index contributed by atoms with van der Waals surface area (Å²) in [5.41, 5.74) is -2.14. The lowest BCUT2D eigenvalue weighted by Crippen LogP contribution is -2.10. The van der Waals surface area contributed by atoms with Crippen molar-refractivity contribution in [3.63, 3.8) is 0 Å². The second-order valence-corrected chi connectivity index (χ2v) is 13.1. The van der Waals surface area contributed by atoms with Crippen LogP contribution in [0.1, 0.15) is 6.92 Å². The lowest BCUT2D eigenvalue weighted by molar-refractivity contribution is -0.114. The predicted octanol–water partition coefficient (Wildman–Crippen LogP) is 3.51. The van der Waals surface area contributed by atoms with Gasteiger partial charge in [0.05, 0.1) is 15.6 Å². The van der Waals surface area contributed by atoms with Gasteiger partial charge in [0.25, 0.3) is 36.3 Å². The summed E-state index contributed by atoms with van der Waals surface area (Å²) in [6.07, 6.45) is 0. The van der Waals surface area contributed by atoms with Crippen molar-refractivity contribution in [2.45, 2.75) is 21.6 Å². The molecule has 0 atom stereocenters. The second kappa shape index (κ2) is 11.2. The minimum absolute atomic E-state index is 0.0968. The van der Waals surface area contributed by atoms with E-state index >= 15 is 0 Å². The summed E-state index contributed by atoms with van der Waals surface area (Å²) in [5.74, 6) is -2.65. The topological polar surface area (TPSA) is 266 Å². The van der Waals surface area contributed by atoms with Crippen molar-refractivity contribution in [1.82, 2.24) is 0 Å². The van der Waals surface area contributed by atoms with Crippen molar-refractivity contribution in [3.8, 4) is 5.75 Å². The van der Waals surface area contributed by atoms with E-state index in [2.05, 4.69) is 43.4 Å². The van der Waals surface area contributed by atoms with E-state index in [1.165, 1.54) is 0 Å². The number of azo groups is 1. The highest BCUT2D eigenvalue weighted by Crippen LogP contribution is 2.46. The van der Waals surface area contributed by atoms with Crippen molar-refractivity contribution in [1.29, 1.82) is 0 Å². The summed E-state index contributed by atoms with van der Waals surface area (Å²) < 4.78 is 101. The highest BCUT2D eigenvalue weighted by Gasteiger charge is 2.28. The number of aromatic hydroxyl groups is 1. The molecule has 41 heavy (non-hydrogen) atoms. The minimum Gasteiger partial charge on any atom is -0.505 e. The van der Waals surface area contributed by atoms with Gasteiger partial charge in [-0.3, -0.25) is 23.2 Å². The molecule has 0 unspecified atom stereocenters. The number of amides is 2. The number of phenols is 1. The number of benzene rings is 3. The normalized spacial score (nSPS) is 12.4. The maximum atomic E-state index is 12.2. The van der Waals surface area contributed by atoms with Gasteiger partial charge in [0.2, 0.25) is 5.91 Å². The molecule has 0 bridgehead atoms. The Morgan fingerprint density at radius 1 is 0.829 bits per heavy atom. The number of fused-ring (bicyclic) bond motifs is 1. The molecule has 0 aromatic heterocycles. The first kappa shape index (κ1) is 31.7. The number of phenolic OH excluding ortho intramolecular Hbond substituents is 1. The first-order chi connectivity index (χ1) is 18.7. The largest absolute Gasteiger partial charge is 0.505 e. The number of nitrogens with zero attached hydrogens (tertiary/aromatic N) is 2. The van der Waals surface area contributed by atoms with Gasteiger partial charge in [-0.15, -0.1) is 10.2 Å². The van der Waals surface area contributed by atoms with E-state index in [1.54, 1.807) is 0 Å². The van der Waals surface area contributed by atoms with Crippen molar-refractivity contribution in [2.24, 2.45) is 10.2 Å². The highest BCUT2D eigenvalue weighted by atomic mass is 79.9. The molecule has 2 amide bonds. The smallest absolute Gasteiger partial charge is 0.296 e. The Bertz CT molecular complexity index is 2010. The maximum absolute atomic E-state index is 12.2. The van der Waals surface area contributed by atoms with Crippen molar-refractivity contribution < 1.29 is 53.6 Å². The fourth-order valence-corrected chi connectivity index (χ4v) is 5.47. The van der Waals surface area contributed by atoms with Crippen LogP contribution in [0.2, 0.25) is 0 Å². The van der Waals surface area contributed by atoms with Crippen LogP contribution in [0, 0.1) is 0 Å². The molecule has 16 nitrogen and oxygen atoms in total. The molecule has 20 heteroatoms. The lowest BCUT2D eigenvalue weighted by Gasteiger charge is -2.15. The first-order valence-electron chi connectivity index (χ1n) is 10.5. The molecule has 0 spiro atoms. The average Bonchev–Trinajstić information content (AvgIpc) is 2.80. The van der Waals surface area contributed by atoms with E-state index in [1.807, 2.05) is 0 Å². The summed E-state index contributed by atoms with van der Waals surface area (Å²) >= 11 is 2.84. The number of hydrogen-bond acceptors (Lipinski definition) is 11. The Hall–Kier alpha value is -3.79. The van der Waals surface area contributed by atoms with E-state index in [0.29, 0.717) is 6.07 Å². The van der Waals surface area contributed by atoms with Crippen LogP contribution < -0.4 is 10.6 Å². The zero-order valence-electron chi connectivity index (χ0n) is 20.2. The van der Waals surface area contributed by atoms with Gasteiger partial charge in [0.15, 0.2) is 5.75 Å². The first-order valence-corrected chi connectivity index (χ1v) is 15.6. The number of carbonyl (C=O) groups excluding carboxylic acids is 2. The number of halogens is 1. The highest BCUT2D eigenvalue weighted by molar-refractivity contribution is 9.12. The summed E-state index contributed by atoms with van der Waals surface area (Å²) in [7, 11) is -15.4. The number of nitrogens with one attached hydrogen (secondary N) is 2. The third-order valence-corrected chi connectivity index (χ3v) is 8.08. The molecule has 0 aliphatic heterocycles. The Morgan fingerprint density at radius 2 is 1.39 bits per heavy atom. The summed E-state index contributed by atoms with van der Waals surface area (Å²) in [5, 5.41) is 21.5. The third-order valence-electron chi connectivity index (χ3n) is 5.04. The molecule has 3 aromatic carbocycles. The third kappa shape index (κ3) is 7.11. The van der Waals surface area contributed by atoms with Gasteiger partial charge >= 0.3 is 0 Å². The molecule has 6 N–H and O–H groups in total. The molecule has 0 fully saturated rings. The van der Waals surface area contributed by atoms with Gasteiger partial charge in [0.1, 0.15) is 26.1 Å². The molecule has 218 valence electrons. The number of hydrogen-bond donors (Lipinski definition) is 6. The molecule has 0 saturated heterocycles. The Kier molecular flexibility index (Phi) is 8.70. The molecule has 0 saturated carbocycles. The zero-order valence-corrected chi connectivity index (χ0v) is 24.3. The van der Waals surface area contributed by atoms with E-state index < -0.39 is 84.8 Å². The van der Waals surface area contributed by atoms with Gasteiger partial charge in [-0.1, -0.05) is 6.58 Å². The van der Waals surface area contributed by atoms with Crippen LogP contribution in [-0.2, 0) is 39.9 Å². The van der Waals surface area contributed by atoms with Gasteiger partial charge < -0.3 is 15.7 Å². The maximum Gasteiger partial charge on any atom is 0.296 e. The predicted molar refractivity (Wildman–Crippen MR) is 147 cm³/mol. The van der Waals surface area contributed by atoms with Gasteiger partial charge in [-0.2, -0.15) is 25.3 Å². The van der Waals surface area contributed by atoms with E-state index in [0.717, 1.165) is 37.3 Å². The summed E-state index contributed by atoms with van der Waals surface area (Å²) in [6.45, 7) is 4.41. The number of anilines is 2. The van der Waals surface area contributed by atoms with Crippen LogP contribution in [0.25, 0.3) is 10.8 Å². The Labute approximate surface area is 240 Å². The summed E-state index contributed by atoms with van der Waals surface area (Å²) in [4.78, 5) is 20.6. The van der Waals surface area contributed by atoms with Gasteiger partial charge in [-0.05, 0) is 52.3 Å². The van der Waals surface area contributed by atoms with Crippen LogP contribution in [0.4, 0.5) is 22.7 Å². The lowest BCUT2D eigenvalue weighted by atomic mass is 10.1. The van der Waals surface area contributed by atoms with Crippen molar-refractivity contribution in [3.05, 3.63) is 47.5 Å². The molecule has 0 heterocycles. The molecule has 0 radical (unpaired) electrons. The van der Waals surface area contributed by atoms with Crippen LogP contribution in [-0.4, -0.2) is 55.8 Å². The van der Waals surface area contributed by atoms with Gasteiger partial charge in [-0.25, -0.2) is 0 Å². The SMILES string of the molecule is C=C(Br)C(=O)Nc1ccc(S(=O)(=O)O)c(N=Nc2c(S(=O)(=O)O)cc3c(S(=O)(=O)O)ccc(NC(C)=O)c3c2O)c1. The summed E-state index contributed by atoms with van der Waals surface area (Å²) in [6, 6.07) is 5.02. The molecule has 3 aromatic rings. The standard InChI is InChI=1S/C21H17BrN4O12S3/c1-9(22)21(29)24-11-3-5-16(40(33,34)35)14(7-11)25-26-19-17(41(36,37)38)8-12-15(39(30,31)32)6-4-13(23-10(2)27)18(12)20(19)28/h3-8,28H,1H2,2H3,(H,23,27)(H,24,29)(H,30,31,32)(H,33,34,35)(H,36,37,38). The number of carbonyl (C=O) groups is 2. The molecule has 0 aliphatic carbocycles. The fourth-order valence-electron chi connectivity index (χ4n) is 3.44. The minimum atomic E-state index is -5.34. The molecular formula is C21H17BrN4O12S3. The van der Waals surface area contributed by atoms with E-state index in [-0.39, 0.29) is 15.9 Å². The second-order valence-electron chi connectivity index (χ2n) is 7.95. The van der Waals surface area contributed by atoms with Crippen molar-refractivity contribution >= 4 is 91.6 Å². The number of rotatable bonds is 8. The molecule has 0 aliphatic rings. The Balaban J connectivity index is 2.42. The quantitative estimate of drug-likeness (QED) is 0.112. The average molecular weight is 693 g/mol. The fraction of sp³-hybridized carbons (Fsp3) is 0.0476. The zero-order chi connectivity index (χ0) is 31.1. The van der Waals surface area contributed by atoms with Crippen LogP contribution >= 0.6 is 15.9 Å². The van der Waals surface area contributed by atoms with E-state index in [4.69, 9.17) is 0 Å². The molecular weight excluding hydrogens is 676 g/mol. The van der Waals surface area contributed by atoms with Crippen LogP contribution in [0.3, 0.4) is 0 Å². The molecule has 3 rings (SSSR count). The van der Waals surface area contributed by atoms with Gasteiger partial charge in [0, 0.05) is 18.0 Å². The monoisotopic (exact) mass is 692 g/mol. The van der Waals surface area contributed by atoms with Crippen molar-refractivity contribution in [2.75, 3.05) is 10.6 Å². The van der Waals surface area contributed by atoms with E-state index in [9.17, 15) is 53.6 Å². The van der Waals surface area contributed by atoms with Crippen LogP contribution in [0.15, 0.2) is 72.4 Å². The van der Waals surface area contributed by atoms with Crippen LogP contribution in [0.5, 0.6) is 5.75 Å².